The van der Waals surface area contributed by atoms with Crippen LogP contribution in [0.15, 0.2) is 73.3 Å². The van der Waals surface area contributed by atoms with Crippen molar-refractivity contribution in [1.82, 2.24) is 9.97 Å². The molecule has 0 aliphatic rings. The van der Waals surface area contributed by atoms with Crippen molar-refractivity contribution < 1.29 is 73.7 Å². The number of pyridine rings is 2. The zero-order valence-corrected chi connectivity index (χ0v) is 36.2. The van der Waals surface area contributed by atoms with Crippen molar-refractivity contribution in [3.8, 4) is 34.5 Å². The molecule has 2 heterocycles. The number of aromatic nitrogens is 2. The second-order valence-electron chi connectivity index (χ2n) is 12.0. The Morgan fingerprint density at radius 3 is 0.873 bits per heavy atom. The van der Waals surface area contributed by atoms with Crippen molar-refractivity contribution in [3.63, 3.8) is 0 Å². The molecule has 55 heavy (non-hydrogen) atoms. The Morgan fingerprint density at radius 2 is 0.618 bits per heavy atom. The van der Waals surface area contributed by atoms with Gasteiger partial charge in [0.1, 0.15) is 0 Å². The van der Waals surface area contributed by atoms with Crippen LogP contribution in [-0.4, -0.2) is 49.6 Å². The second kappa shape index (κ2) is 31.5. The Hall–Kier alpha value is -3.74. The van der Waals surface area contributed by atoms with Crippen LogP contribution < -0.4 is 53.2 Å². The smallest absolute Gasteiger partial charge is 0.203 e. The van der Waals surface area contributed by atoms with E-state index < -0.39 is 0 Å². The van der Waals surface area contributed by atoms with Gasteiger partial charge in [0.2, 0.25) is 11.5 Å². The Kier molecular flexibility index (Phi) is 29.3. The number of rotatable bonds is 22. The first kappa shape index (κ1) is 51.3. The quantitative estimate of drug-likeness (QED) is 0.0993. The third-order valence-electron chi connectivity index (χ3n) is 7.18. The van der Waals surface area contributed by atoms with Gasteiger partial charge in [0.25, 0.3) is 0 Å². The average Bonchev–Trinajstić information content (AvgIpc) is 3.18. The van der Waals surface area contributed by atoms with Crippen LogP contribution in [0.1, 0.15) is 102 Å². The fourth-order valence-corrected chi connectivity index (χ4v) is 4.69. The molecule has 0 bridgehead atoms. The summed E-state index contributed by atoms with van der Waals surface area (Å²) >= 11 is 0. The number of hydrogen-bond donors (Lipinski definition) is 0. The molecule has 0 fully saturated rings. The molecule has 0 N–H and O–H groups in total. The van der Waals surface area contributed by atoms with Gasteiger partial charge in [0.15, 0.2) is 23.0 Å². The summed E-state index contributed by atoms with van der Waals surface area (Å²) in [5.74, 6) is 4.36. The summed E-state index contributed by atoms with van der Waals surface area (Å²) in [5.41, 5.74) is 4.22. The predicted molar refractivity (Wildman–Crippen MR) is 214 cm³/mol. The third-order valence-corrected chi connectivity index (χ3v) is 7.18. The minimum absolute atomic E-state index is 0. The summed E-state index contributed by atoms with van der Waals surface area (Å²) in [6.45, 7) is 16.4. The van der Waals surface area contributed by atoms with Crippen LogP contribution in [0.2, 0.25) is 0 Å². The Balaban J connectivity index is 0.00000101. The van der Waals surface area contributed by atoms with Gasteiger partial charge < -0.3 is 53.2 Å². The fraction of sp³-hybridized carbons (Fsp3) is 0.409. The first-order chi connectivity index (χ1) is 25.6. The molecule has 8 nitrogen and oxygen atoms in total. The largest absolute Gasteiger partial charge is 1.00 e. The maximum absolute atomic E-state index is 5.95. The Bertz CT molecular complexity index is 1450. The van der Waals surface area contributed by atoms with Gasteiger partial charge in [0.05, 0.1) is 39.6 Å². The monoisotopic (exact) mass is 886 g/mol. The molecule has 306 valence electrons. The van der Waals surface area contributed by atoms with Crippen molar-refractivity contribution in [3.05, 3.63) is 95.6 Å². The molecule has 11 heteroatoms. The number of benzene rings is 2. The van der Waals surface area contributed by atoms with E-state index in [0.29, 0.717) is 51.1 Å². The van der Waals surface area contributed by atoms with Crippen molar-refractivity contribution in [2.75, 3.05) is 39.6 Å². The van der Waals surface area contributed by atoms with Crippen LogP contribution in [0.5, 0.6) is 34.5 Å². The number of halogens is 2. The molecule has 0 atom stereocenters. The van der Waals surface area contributed by atoms with Gasteiger partial charge in [-0.05, 0) is 109 Å². The zero-order valence-electron chi connectivity index (χ0n) is 33.1. The Morgan fingerprint density at radius 1 is 0.382 bits per heavy atom. The van der Waals surface area contributed by atoms with Crippen molar-refractivity contribution in [2.45, 2.75) is 80.1 Å². The summed E-state index contributed by atoms with van der Waals surface area (Å²) in [7, 11) is 0. The van der Waals surface area contributed by atoms with Gasteiger partial charge in [-0.15, -0.1) is 0 Å². The summed E-state index contributed by atoms with van der Waals surface area (Å²) in [6, 6.07) is 15.9. The van der Waals surface area contributed by atoms with Crippen molar-refractivity contribution in [1.29, 1.82) is 0 Å². The maximum Gasteiger partial charge on any atom is 0.203 e. The van der Waals surface area contributed by atoms with Crippen LogP contribution in [0, 0.1) is 0 Å². The minimum Gasteiger partial charge on any atom is -1.00 e. The average molecular weight is 888 g/mol. The maximum atomic E-state index is 5.95. The van der Waals surface area contributed by atoms with E-state index in [9.17, 15) is 0 Å². The summed E-state index contributed by atoms with van der Waals surface area (Å²) in [4.78, 5) is 8.09. The van der Waals surface area contributed by atoms with Gasteiger partial charge in [-0.25, -0.2) is 0 Å². The number of nitrogens with zero attached hydrogens (tertiary/aromatic N) is 2. The Labute approximate surface area is 355 Å². The molecule has 0 aliphatic heterocycles. The zero-order chi connectivity index (χ0) is 37.2. The fourth-order valence-electron chi connectivity index (χ4n) is 4.69. The standard InChI is InChI=1S/2C22H29NO3.2ClH.Pd/c2*1-4-13-24-20-16-19(8-7-18-9-11-23-12-10-18)17-21(25-14-5-2)22(20)26-15-6-3;;;/h2*7-12,16-17H,4-6,13-15H2,1-3H3;2*1H;/p-2/b2*8-7+;;;. The molecule has 0 unspecified atom stereocenters. The molecule has 0 saturated carbocycles. The van der Waals surface area contributed by atoms with Gasteiger partial charge in [0, 0.05) is 45.2 Å². The van der Waals surface area contributed by atoms with Crippen LogP contribution in [0.25, 0.3) is 24.3 Å². The van der Waals surface area contributed by atoms with E-state index >= 15 is 0 Å². The molecule has 0 spiro atoms. The minimum atomic E-state index is 0. The summed E-state index contributed by atoms with van der Waals surface area (Å²) < 4.78 is 35.7. The molecule has 0 amide bonds. The molecule has 2 aromatic carbocycles. The van der Waals surface area contributed by atoms with E-state index in [1.165, 1.54) is 0 Å². The molecular formula is C44H58Cl2N2O6Pd-2. The normalized spacial score (nSPS) is 10.3. The molecule has 0 radical (unpaired) electrons. The van der Waals surface area contributed by atoms with E-state index in [1.54, 1.807) is 24.8 Å². The SMILES string of the molecule is CCCOc1cc(/C=C/c2ccncc2)cc(OCCC)c1OCCC.CCCOc1cc(/C=C/c2ccncc2)cc(OCCC)c1OCCC.[Cl-].[Cl-].[Pd]. The van der Waals surface area contributed by atoms with Gasteiger partial charge >= 0.3 is 0 Å². The van der Waals surface area contributed by atoms with Crippen LogP contribution in [0.3, 0.4) is 0 Å². The summed E-state index contributed by atoms with van der Waals surface area (Å²) in [5, 5.41) is 0. The molecule has 4 rings (SSSR count). The molecule has 0 aliphatic carbocycles. The van der Waals surface area contributed by atoms with Crippen molar-refractivity contribution >= 4 is 24.3 Å². The van der Waals surface area contributed by atoms with Gasteiger partial charge in [-0.3, -0.25) is 9.97 Å². The molecule has 2 aromatic heterocycles. The van der Waals surface area contributed by atoms with Crippen LogP contribution in [-0.2, 0) is 20.4 Å². The van der Waals surface area contributed by atoms with Crippen LogP contribution >= 0.6 is 0 Å². The number of hydrogen-bond acceptors (Lipinski definition) is 8. The van der Waals surface area contributed by atoms with E-state index in [1.807, 2.05) is 48.5 Å². The van der Waals surface area contributed by atoms with Crippen molar-refractivity contribution in [2.24, 2.45) is 0 Å². The van der Waals surface area contributed by atoms with E-state index in [-0.39, 0.29) is 45.2 Å². The molecule has 0 saturated heterocycles. The van der Waals surface area contributed by atoms with Crippen LogP contribution in [0.4, 0.5) is 0 Å². The van der Waals surface area contributed by atoms with Gasteiger partial charge in [-0.2, -0.15) is 0 Å². The number of ether oxygens (including phenoxy) is 6. The predicted octanol–water partition coefficient (Wildman–Crippen LogP) is 5.24. The van der Waals surface area contributed by atoms with E-state index in [2.05, 4.69) is 75.8 Å². The van der Waals surface area contributed by atoms with E-state index in [0.717, 1.165) is 83.8 Å². The topological polar surface area (TPSA) is 81.2 Å². The van der Waals surface area contributed by atoms with Gasteiger partial charge in [-0.1, -0.05) is 65.8 Å². The first-order valence-electron chi connectivity index (χ1n) is 18.9. The van der Waals surface area contributed by atoms with E-state index in [4.69, 9.17) is 28.4 Å². The second-order valence-corrected chi connectivity index (χ2v) is 12.0. The first-order valence-corrected chi connectivity index (χ1v) is 18.9. The third kappa shape index (κ3) is 19.1. The molecule has 4 aromatic rings. The summed E-state index contributed by atoms with van der Waals surface area (Å²) in [6.07, 6.45) is 21.0. The molecular weight excluding hydrogens is 830 g/mol.